The molecule has 1 heterocycles. The SMILES string of the molecule is CCNCc1ncnn1Cc1ccc(C(F)(F)F)cc1. The van der Waals surface area contributed by atoms with Gasteiger partial charge in [0.1, 0.15) is 12.2 Å². The summed E-state index contributed by atoms with van der Waals surface area (Å²) in [4.78, 5) is 4.12. The van der Waals surface area contributed by atoms with E-state index in [9.17, 15) is 13.2 Å². The molecule has 0 bridgehead atoms. The molecule has 0 unspecified atom stereocenters. The number of hydrogen-bond acceptors (Lipinski definition) is 3. The lowest BCUT2D eigenvalue weighted by Gasteiger charge is -2.09. The first kappa shape index (κ1) is 14.5. The molecule has 0 saturated heterocycles. The Labute approximate surface area is 114 Å². The second-order valence-corrected chi connectivity index (χ2v) is 4.31. The second kappa shape index (κ2) is 6.04. The van der Waals surface area contributed by atoms with Crippen LogP contribution in [0.25, 0.3) is 0 Å². The Kier molecular flexibility index (Phi) is 4.39. The molecular weight excluding hydrogens is 269 g/mol. The van der Waals surface area contributed by atoms with E-state index in [0.29, 0.717) is 13.1 Å². The van der Waals surface area contributed by atoms with Gasteiger partial charge in [-0.3, -0.25) is 0 Å². The van der Waals surface area contributed by atoms with Gasteiger partial charge < -0.3 is 5.32 Å². The van der Waals surface area contributed by atoms with Crippen molar-refractivity contribution in [1.82, 2.24) is 20.1 Å². The molecule has 0 aliphatic carbocycles. The van der Waals surface area contributed by atoms with Crippen LogP contribution < -0.4 is 5.32 Å². The molecule has 0 amide bonds. The van der Waals surface area contributed by atoms with Gasteiger partial charge in [0.2, 0.25) is 0 Å². The molecule has 0 radical (unpaired) electrons. The summed E-state index contributed by atoms with van der Waals surface area (Å²) in [6, 6.07) is 5.08. The minimum atomic E-state index is -4.30. The van der Waals surface area contributed by atoms with Crippen molar-refractivity contribution in [3.05, 3.63) is 47.5 Å². The monoisotopic (exact) mass is 284 g/mol. The first-order valence-electron chi connectivity index (χ1n) is 6.24. The topological polar surface area (TPSA) is 42.7 Å². The van der Waals surface area contributed by atoms with Gasteiger partial charge in [-0.2, -0.15) is 18.3 Å². The van der Waals surface area contributed by atoms with Gasteiger partial charge >= 0.3 is 6.18 Å². The van der Waals surface area contributed by atoms with E-state index in [1.54, 1.807) is 4.68 Å². The standard InChI is InChI=1S/C13H15F3N4/c1-2-17-7-12-18-9-19-20(12)8-10-3-5-11(6-4-10)13(14,15)16/h3-6,9,17H,2,7-8H2,1H3. The number of halogens is 3. The van der Waals surface area contributed by atoms with E-state index in [1.807, 2.05) is 6.92 Å². The van der Waals surface area contributed by atoms with E-state index in [1.165, 1.54) is 18.5 Å². The Morgan fingerprint density at radius 2 is 1.90 bits per heavy atom. The van der Waals surface area contributed by atoms with Crippen molar-refractivity contribution in [2.24, 2.45) is 0 Å². The van der Waals surface area contributed by atoms with Crippen LogP contribution in [0.1, 0.15) is 23.9 Å². The summed E-state index contributed by atoms with van der Waals surface area (Å²) in [5.74, 6) is 0.756. The summed E-state index contributed by atoms with van der Waals surface area (Å²) in [5.41, 5.74) is 0.106. The molecule has 0 spiro atoms. The van der Waals surface area contributed by atoms with Crippen molar-refractivity contribution < 1.29 is 13.2 Å². The number of alkyl halides is 3. The molecule has 7 heteroatoms. The highest BCUT2D eigenvalue weighted by Crippen LogP contribution is 2.29. The molecule has 1 N–H and O–H groups in total. The summed E-state index contributed by atoms with van der Waals surface area (Å²) in [6.45, 7) is 3.78. The van der Waals surface area contributed by atoms with Crippen LogP contribution >= 0.6 is 0 Å². The Morgan fingerprint density at radius 1 is 1.20 bits per heavy atom. The summed E-state index contributed by atoms with van der Waals surface area (Å²) < 4.78 is 39.1. The largest absolute Gasteiger partial charge is 0.416 e. The van der Waals surface area contributed by atoms with Crippen molar-refractivity contribution in [3.63, 3.8) is 0 Å². The van der Waals surface area contributed by atoms with Gasteiger partial charge in [0.25, 0.3) is 0 Å². The van der Waals surface area contributed by atoms with Crippen LogP contribution in [0.4, 0.5) is 13.2 Å². The van der Waals surface area contributed by atoms with Gasteiger partial charge in [0.15, 0.2) is 0 Å². The van der Waals surface area contributed by atoms with Crippen LogP contribution in [0.2, 0.25) is 0 Å². The Bertz CT molecular complexity index is 545. The van der Waals surface area contributed by atoms with Crippen molar-refractivity contribution in [1.29, 1.82) is 0 Å². The zero-order chi connectivity index (χ0) is 14.6. The molecule has 0 fully saturated rings. The van der Waals surface area contributed by atoms with E-state index in [-0.39, 0.29) is 0 Å². The van der Waals surface area contributed by atoms with E-state index in [2.05, 4.69) is 15.4 Å². The third-order valence-corrected chi connectivity index (χ3v) is 2.84. The number of rotatable bonds is 5. The first-order valence-corrected chi connectivity index (χ1v) is 6.24. The molecule has 0 aliphatic heterocycles. The van der Waals surface area contributed by atoms with Gasteiger partial charge in [-0.05, 0) is 24.2 Å². The molecule has 4 nitrogen and oxygen atoms in total. The molecule has 20 heavy (non-hydrogen) atoms. The molecule has 2 aromatic rings. The highest BCUT2D eigenvalue weighted by molar-refractivity contribution is 5.24. The lowest BCUT2D eigenvalue weighted by molar-refractivity contribution is -0.137. The molecule has 1 aromatic carbocycles. The summed E-state index contributed by atoms with van der Waals surface area (Å²) in [7, 11) is 0. The van der Waals surface area contributed by atoms with Gasteiger partial charge in [-0.15, -0.1) is 0 Å². The van der Waals surface area contributed by atoms with Crippen molar-refractivity contribution in [2.45, 2.75) is 26.2 Å². The first-order chi connectivity index (χ1) is 9.50. The number of benzene rings is 1. The Balaban J connectivity index is 2.09. The number of aromatic nitrogens is 3. The number of hydrogen-bond donors (Lipinski definition) is 1. The smallest absolute Gasteiger partial charge is 0.310 e. The molecule has 1 aromatic heterocycles. The van der Waals surface area contributed by atoms with Crippen LogP contribution in [-0.4, -0.2) is 21.3 Å². The van der Waals surface area contributed by atoms with Gasteiger partial charge in [-0.25, -0.2) is 9.67 Å². The number of nitrogens with one attached hydrogen (secondary N) is 1. The molecule has 2 rings (SSSR count). The maximum Gasteiger partial charge on any atom is 0.416 e. The number of nitrogens with zero attached hydrogens (tertiary/aromatic N) is 3. The Hall–Kier alpha value is -1.89. The zero-order valence-electron chi connectivity index (χ0n) is 11.0. The minimum absolute atomic E-state index is 0.402. The van der Waals surface area contributed by atoms with E-state index in [4.69, 9.17) is 0 Å². The average Bonchev–Trinajstić information content (AvgIpc) is 2.83. The molecule has 0 atom stereocenters. The van der Waals surface area contributed by atoms with E-state index >= 15 is 0 Å². The fourth-order valence-corrected chi connectivity index (χ4v) is 1.77. The van der Waals surface area contributed by atoms with Crippen molar-refractivity contribution >= 4 is 0 Å². The van der Waals surface area contributed by atoms with E-state index < -0.39 is 11.7 Å². The van der Waals surface area contributed by atoms with Crippen LogP contribution in [-0.2, 0) is 19.3 Å². The maximum atomic E-state index is 12.5. The Morgan fingerprint density at radius 3 is 2.50 bits per heavy atom. The van der Waals surface area contributed by atoms with Crippen molar-refractivity contribution in [2.75, 3.05) is 6.54 Å². The van der Waals surface area contributed by atoms with Crippen LogP contribution in [0.15, 0.2) is 30.6 Å². The average molecular weight is 284 g/mol. The van der Waals surface area contributed by atoms with E-state index in [0.717, 1.165) is 30.1 Å². The molecular formula is C13H15F3N4. The summed E-state index contributed by atoms with van der Waals surface area (Å²) in [5, 5.41) is 7.21. The minimum Gasteiger partial charge on any atom is -0.310 e. The predicted octanol–water partition coefficient (Wildman–Crippen LogP) is 2.45. The maximum absolute atomic E-state index is 12.5. The molecule has 0 saturated carbocycles. The third-order valence-electron chi connectivity index (χ3n) is 2.84. The highest BCUT2D eigenvalue weighted by Gasteiger charge is 2.29. The zero-order valence-corrected chi connectivity index (χ0v) is 11.0. The quantitative estimate of drug-likeness (QED) is 0.917. The molecule has 108 valence electrons. The summed E-state index contributed by atoms with van der Waals surface area (Å²) in [6.07, 6.45) is -2.86. The van der Waals surface area contributed by atoms with Crippen molar-refractivity contribution in [3.8, 4) is 0 Å². The molecule has 0 aliphatic rings. The normalized spacial score (nSPS) is 11.8. The van der Waals surface area contributed by atoms with Crippen LogP contribution in [0.3, 0.4) is 0 Å². The van der Waals surface area contributed by atoms with Gasteiger partial charge in [0, 0.05) is 0 Å². The van der Waals surface area contributed by atoms with Gasteiger partial charge in [-0.1, -0.05) is 19.1 Å². The fraction of sp³-hybridized carbons (Fsp3) is 0.385. The predicted molar refractivity (Wildman–Crippen MR) is 67.9 cm³/mol. The summed E-state index contributed by atoms with van der Waals surface area (Å²) >= 11 is 0. The fourth-order valence-electron chi connectivity index (χ4n) is 1.77. The highest BCUT2D eigenvalue weighted by atomic mass is 19.4. The van der Waals surface area contributed by atoms with Crippen LogP contribution in [0.5, 0.6) is 0 Å². The van der Waals surface area contributed by atoms with Crippen LogP contribution in [0, 0.1) is 0 Å². The van der Waals surface area contributed by atoms with Gasteiger partial charge in [0.05, 0.1) is 18.7 Å². The second-order valence-electron chi connectivity index (χ2n) is 4.31. The lowest BCUT2D eigenvalue weighted by Crippen LogP contribution is -2.17. The third kappa shape index (κ3) is 3.57. The lowest BCUT2D eigenvalue weighted by atomic mass is 10.1.